The van der Waals surface area contributed by atoms with Crippen molar-refractivity contribution < 1.29 is 14.3 Å². The Morgan fingerprint density at radius 2 is 2.22 bits per heavy atom. The van der Waals surface area contributed by atoms with Crippen molar-refractivity contribution in [1.82, 2.24) is 15.2 Å². The van der Waals surface area contributed by atoms with Crippen molar-refractivity contribution in [3.8, 4) is 0 Å². The van der Waals surface area contributed by atoms with Crippen LogP contribution in [-0.4, -0.2) is 60.8 Å². The fourth-order valence-electron chi connectivity index (χ4n) is 3.52. The van der Waals surface area contributed by atoms with Gasteiger partial charge in [0.05, 0.1) is 12.7 Å². The Labute approximate surface area is 137 Å². The fourth-order valence-corrected chi connectivity index (χ4v) is 3.52. The number of ether oxygens (including phenoxy) is 2. The van der Waals surface area contributed by atoms with Gasteiger partial charge >= 0.3 is 0 Å². The molecule has 0 saturated carbocycles. The van der Waals surface area contributed by atoms with Gasteiger partial charge in [-0.15, -0.1) is 0 Å². The lowest BCUT2D eigenvalue weighted by atomic mass is 9.98. The van der Waals surface area contributed by atoms with Crippen LogP contribution in [0.25, 0.3) is 0 Å². The summed E-state index contributed by atoms with van der Waals surface area (Å²) in [7, 11) is 1.63. The molecule has 1 N–H and O–H groups in total. The van der Waals surface area contributed by atoms with Crippen LogP contribution in [0, 0.1) is 0 Å². The number of likely N-dealkylation sites (tertiary alicyclic amines) is 1. The molecular formula is C17H25N3O3. The van der Waals surface area contributed by atoms with Crippen LogP contribution in [0.1, 0.15) is 24.8 Å². The van der Waals surface area contributed by atoms with Crippen molar-refractivity contribution in [3.63, 3.8) is 0 Å². The minimum absolute atomic E-state index is 0.00640. The number of hydrogen-bond acceptors (Lipinski definition) is 5. The van der Waals surface area contributed by atoms with E-state index in [9.17, 15) is 4.79 Å². The highest BCUT2D eigenvalue weighted by atomic mass is 16.5. The molecule has 23 heavy (non-hydrogen) atoms. The van der Waals surface area contributed by atoms with Crippen molar-refractivity contribution in [2.75, 3.05) is 26.8 Å². The van der Waals surface area contributed by atoms with Gasteiger partial charge in [-0.3, -0.25) is 14.7 Å². The third-order valence-electron chi connectivity index (χ3n) is 4.70. The standard InChI is InChI=1S/C17H25N3O3/c1-22-11-9-19-17(21)16-3-2-14-15(23-16)6-10-20(14)12-13-4-7-18-8-5-13/h4-5,7-8,14-16H,2-3,6,9-12H2,1H3,(H,19,21)/t14-,15-,16-/m0/s1. The Bertz CT molecular complexity index is 511. The Hall–Kier alpha value is -1.50. The number of hydrogen-bond donors (Lipinski definition) is 1. The zero-order valence-corrected chi connectivity index (χ0v) is 13.6. The van der Waals surface area contributed by atoms with E-state index in [1.165, 1.54) is 5.56 Å². The molecule has 6 nitrogen and oxygen atoms in total. The molecule has 0 aromatic carbocycles. The van der Waals surface area contributed by atoms with E-state index in [0.29, 0.717) is 19.2 Å². The smallest absolute Gasteiger partial charge is 0.249 e. The van der Waals surface area contributed by atoms with Crippen LogP contribution in [-0.2, 0) is 20.8 Å². The molecule has 0 radical (unpaired) electrons. The first-order valence-electron chi connectivity index (χ1n) is 8.33. The number of fused-ring (bicyclic) bond motifs is 1. The van der Waals surface area contributed by atoms with Crippen LogP contribution < -0.4 is 5.32 Å². The summed E-state index contributed by atoms with van der Waals surface area (Å²) in [6, 6.07) is 4.54. The molecule has 2 saturated heterocycles. The Kier molecular flexibility index (Phi) is 5.59. The highest BCUT2D eigenvalue weighted by Gasteiger charge is 2.41. The number of carbonyl (C=O) groups is 1. The highest BCUT2D eigenvalue weighted by molar-refractivity contribution is 5.80. The first-order valence-corrected chi connectivity index (χ1v) is 8.33. The summed E-state index contributed by atoms with van der Waals surface area (Å²) in [5.41, 5.74) is 1.28. The van der Waals surface area contributed by atoms with Crippen molar-refractivity contribution in [2.45, 2.75) is 44.1 Å². The fraction of sp³-hybridized carbons (Fsp3) is 0.647. The molecule has 0 bridgehead atoms. The van der Waals surface area contributed by atoms with Crippen molar-refractivity contribution in [1.29, 1.82) is 0 Å². The highest BCUT2D eigenvalue weighted by Crippen LogP contribution is 2.32. The first-order chi connectivity index (χ1) is 11.3. The van der Waals surface area contributed by atoms with E-state index in [1.807, 2.05) is 12.4 Å². The Balaban J connectivity index is 1.51. The number of aromatic nitrogens is 1. The van der Waals surface area contributed by atoms with Gasteiger partial charge in [0.2, 0.25) is 5.91 Å². The van der Waals surface area contributed by atoms with Gasteiger partial charge in [-0.25, -0.2) is 0 Å². The zero-order valence-electron chi connectivity index (χ0n) is 13.6. The molecule has 1 amide bonds. The van der Waals surface area contributed by atoms with E-state index < -0.39 is 0 Å². The molecule has 6 heteroatoms. The average Bonchev–Trinajstić information content (AvgIpc) is 2.98. The predicted octanol–water partition coefficient (Wildman–Crippen LogP) is 0.966. The Morgan fingerprint density at radius 3 is 3.00 bits per heavy atom. The lowest BCUT2D eigenvalue weighted by molar-refractivity contribution is -0.144. The Morgan fingerprint density at radius 1 is 1.39 bits per heavy atom. The van der Waals surface area contributed by atoms with Gasteiger partial charge in [0, 0.05) is 45.2 Å². The summed E-state index contributed by atoms with van der Waals surface area (Å²) in [5, 5.41) is 2.87. The van der Waals surface area contributed by atoms with Crippen LogP contribution in [0.2, 0.25) is 0 Å². The summed E-state index contributed by atoms with van der Waals surface area (Å²) in [5.74, 6) is -0.00640. The summed E-state index contributed by atoms with van der Waals surface area (Å²) in [4.78, 5) is 18.7. The van der Waals surface area contributed by atoms with Gasteiger partial charge in [0.25, 0.3) is 0 Å². The van der Waals surface area contributed by atoms with Gasteiger partial charge in [-0.05, 0) is 37.0 Å². The lowest BCUT2D eigenvalue weighted by Gasteiger charge is -2.35. The molecule has 3 atom stereocenters. The lowest BCUT2D eigenvalue weighted by Crippen LogP contribution is -2.48. The number of rotatable bonds is 6. The molecule has 3 rings (SSSR count). The molecule has 126 valence electrons. The van der Waals surface area contributed by atoms with Crippen LogP contribution in [0.5, 0.6) is 0 Å². The average molecular weight is 319 g/mol. The summed E-state index contributed by atoms with van der Waals surface area (Å²) < 4.78 is 11.0. The van der Waals surface area contributed by atoms with Crippen LogP contribution in [0.4, 0.5) is 0 Å². The van der Waals surface area contributed by atoms with E-state index in [-0.39, 0.29) is 18.1 Å². The largest absolute Gasteiger partial charge is 0.383 e. The molecule has 2 fully saturated rings. The topological polar surface area (TPSA) is 63.7 Å². The van der Waals surface area contributed by atoms with Gasteiger partial charge < -0.3 is 14.8 Å². The number of pyridine rings is 1. The summed E-state index contributed by atoms with van der Waals surface area (Å²) in [6.45, 7) is 3.02. The first kappa shape index (κ1) is 16.4. The molecule has 2 aliphatic rings. The minimum Gasteiger partial charge on any atom is -0.383 e. The zero-order chi connectivity index (χ0) is 16.1. The van der Waals surface area contributed by atoms with E-state index in [4.69, 9.17) is 9.47 Å². The maximum atomic E-state index is 12.1. The van der Waals surface area contributed by atoms with E-state index in [1.54, 1.807) is 7.11 Å². The monoisotopic (exact) mass is 319 g/mol. The number of methoxy groups -OCH3 is 1. The van der Waals surface area contributed by atoms with Crippen LogP contribution in [0.15, 0.2) is 24.5 Å². The number of carbonyl (C=O) groups excluding carboxylic acids is 1. The predicted molar refractivity (Wildman–Crippen MR) is 85.8 cm³/mol. The van der Waals surface area contributed by atoms with Gasteiger partial charge in [-0.2, -0.15) is 0 Å². The second kappa shape index (κ2) is 7.86. The van der Waals surface area contributed by atoms with E-state index in [0.717, 1.165) is 32.4 Å². The molecule has 0 aliphatic carbocycles. The summed E-state index contributed by atoms with van der Waals surface area (Å²) in [6.07, 6.45) is 6.32. The van der Waals surface area contributed by atoms with Crippen LogP contribution in [0.3, 0.4) is 0 Å². The van der Waals surface area contributed by atoms with Gasteiger partial charge in [0.1, 0.15) is 6.10 Å². The van der Waals surface area contributed by atoms with Crippen molar-refractivity contribution >= 4 is 5.91 Å². The van der Waals surface area contributed by atoms with Crippen molar-refractivity contribution in [2.24, 2.45) is 0 Å². The third kappa shape index (κ3) is 4.07. The second-order valence-electron chi connectivity index (χ2n) is 6.21. The van der Waals surface area contributed by atoms with Gasteiger partial charge in [-0.1, -0.05) is 0 Å². The number of nitrogens with zero attached hydrogens (tertiary/aromatic N) is 2. The maximum Gasteiger partial charge on any atom is 0.249 e. The molecule has 1 aromatic rings. The number of nitrogens with one attached hydrogen (secondary N) is 1. The third-order valence-corrected chi connectivity index (χ3v) is 4.70. The normalized spacial score (nSPS) is 27.6. The SMILES string of the molecule is COCCNC(=O)[C@@H]1CC[C@H]2[C@H](CCN2Cc2ccncc2)O1. The van der Waals surface area contributed by atoms with Gasteiger partial charge in [0.15, 0.2) is 0 Å². The quantitative estimate of drug-likeness (QED) is 0.792. The van der Waals surface area contributed by atoms with E-state index in [2.05, 4.69) is 27.3 Å². The van der Waals surface area contributed by atoms with Crippen LogP contribution >= 0.6 is 0 Å². The molecule has 2 aliphatic heterocycles. The minimum atomic E-state index is -0.311. The number of amides is 1. The van der Waals surface area contributed by atoms with Crippen molar-refractivity contribution in [3.05, 3.63) is 30.1 Å². The molecular weight excluding hydrogens is 294 g/mol. The summed E-state index contributed by atoms with van der Waals surface area (Å²) >= 11 is 0. The molecule has 1 aromatic heterocycles. The molecule has 0 spiro atoms. The second-order valence-corrected chi connectivity index (χ2v) is 6.21. The maximum absolute atomic E-state index is 12.1. The molecule has 0 unspecified atom stereocenters. The van der Waals surface area contributed by atoms with E-state index >= 15 is 0 Å². The molecule has 3 heterocycles.